The van der Waals surface area contributed by atoms with Gasteiger partial charge in [0.25, 0.3) is 5.91 Å². The highest BCUT2D eigenvalue weighted by molar-refractivity contribution is 6.05. The normalized spacial score (nSPS) is 13.2. The molecule has 0 radical (unpaired) electrons. The molecule has 0 aromatic heterocycles. The van der Waals surface area contributed by atoms with Gasteiger partial charge in [-0.3, -0.25) is 14.5 Å². The van der Waals surface area contributed by atoms with E-state index in [2.05, 4.69) is 12.2 Å². The largest absolute Gasteiger partial charge is 0.482 e. The first-order valence-corrected chi connectivity index (χ1v) is 7.99. The third-order valence-electron chi connectivity index (χ3n) is 3.98. The van der Waals surface area contributed by atoms with Crippen LogP contribution in [-0.2, 0) is 16.0 Å². The molecule has 124 valence electrons. The fourth-order valence-electron chi connectivity index (χ4n) is 2.70. The highest BCUT2D eigenvalue weighted by Gasteiger charge is 2.27. The Balaban J connectivity index is 1.75. The molecular formula is C19H20N2O3. The maximum atomic E-state index is 12.4. The summed E-state index contributed by atoms with van der Waals surface area (Å²) in [6, 6.07) is 13.3. The Morgan fingerprint density at radius 2 is 2.08 bits per heavy atom. The predicted molar refractivity (Wildman–Crippen MR) is 93.5 cm³/mol. The van der Waals surface area contributed by atoms with Crippen molar-refractivity contribution in [3.8, 4) is 5.75 Å². The molecule has 1 aliphatic heterocycles. The fraction of sp³-hybridized carbons (Fsp3) is 0.263. The van der Waals surface area contributed by atoms with Crippen LogP contribution in [0.5, 0.6) is 5.75 Å². The highest BCUT2D eigenvalue weighted by atomic mass is 16.5. The number of amides is 2. The molecule has 0 aliphatic carbocycles. The molecule has 2 aromatic carbocycles. The third-order valence-corrected chi connectivity index (χ3v) is 3.98. The van der Waals surface area contributed by atoms with E-state index in [9.17, 15) is 9.59 Å². The Labute approximate surface area is 141 Å². The van der Waals surface area contributed by atoms with Crippen LogP contribution in [0.25, 0.3) is 0 Å². The van der Waals surface area contributed by atoms with Crippen LogP contribution in [0, 0.1) is 6.92 Å². The van der Waals surface area contributed by atoms with E-state index >= 15 is 0 Å². The van der Waals surface area contributed by atoms with Crippen LogP contribution in [0.15, 0.2) is 42.5 Å². The number of ether oxygens (including phenoxy) is 1. The van der Waals surface area contributed by atoms with Crippen molar-refractivity contribution in [3.05, 3.63) is 53.6 Å². The summed E-state index contributed by atoms with van der Waals surface area (Å²) in [6.45, 7) is 3.94. The number of hydrogen-bond donors (Lipinski definition) is 1. The summed E-state index contributed by atoms with van der Waals surface area (Å²) in [6.07, 6.45) is 0.901. The number of anilines is 2. The van der Waals surface area contributed by atoms with Crippen molar-refractivity contribution >= 4 is 23.2 Å². The number of carbonyl (C=O) groups excluding carboxylic acids is 2. The highest BCUT2D eigenvalue weighted by Crippen LogP contribution is 2.32. The van der Waals surface area contributed by atoms with Crippen molar-refractivity contribution in [2.75, 3.05) is 23.4 Å². The summed E-state index contributed by atoms with van der Waals surface area (Å²) < 4.78 is 5.45. The molecule has 1 aliphatic rings. The fourth-order valence-corrected chi connectivity index (χ4v) is 2.70. The van der Waals surface area contributed by atoms with E-state index in [1.54, 1.807) is 0 Å². The quantitative estimate of drug-likeness (QED) is 0.941. The number of aryl methyl sites for hydroxylation is 2. The first-order valence-electron chi connectivity index (χ1n) is 7.99. The lowest BCUT2D eigenvalue weighted by atomic mass is 10.1. The van der Waals surface area contributed by atoms with E-state index in [0.717, 1.165) is 23.2 Å². The van der Waals surface area contributed by atoms with Crippen LogP contribution in [0.3, 0.4) is 0 Å². The molecule has 2 aromatic rings. The SMILES string of the molecule is CCc1cccc(NC(=O)CN2C(=O)COc3cc(C)ccc32)c1. The first kappa shape index (κ1) is 16.1. The average molecular weight is 324 g/mol. The van der Waals surface area contributed by atoms with Gasteiger partial charge in [-0.25, -0.2) is 0 Å². The summed E-state index contributed by atoms with van der Waals surface area (Å²) in [7, 11) is 0. The number of fused-ring (bicyclic) bond motifs is 1. The third kappa shape index (κ3) is 3.40. The van der Waals surface area contributed by atoms with Crippen LogP contribution in [0.4, 0.5) is 11.4 Å². The summed E-state index contributed by atoms with van der Waals surface area (Å²) in [4.78, 5) is 26.0. The van der Waals surface area contributed by atoms with Gasteiger partial charge in [0.15, 0.2) is 6.61 Å². The van der Waals surface area contributed by atoms with Gasteiger partial charge >= 0.3 is 0 Å². The van der Waals surface area contributed by atoms with Crippen molar-refractivity contribution in [2.45, 2.75) is 20.3 Å². The van der Waals surface area contributed by atoms with Gasteiger partial charge in [0, 0.05) is 5.69 Å². The van der Waals surface area contributed by atoms with Crippen LogP contribution in [0.2, 0.25) is 0 Å². The Morgan fingerprint density at radius 3 is 2.88 bits per heavy atom. The van der Waals surface area contributed by atoms with Gasteiger partial charge in [-0.05, 0) is 48.7 Å². The van der Waals surface area contributed by atoms with Gasteiger partial charge in [0.2, 0.25) is 5.91 Å². The zero-order chi connectivity index (χ0) is 17.1. The number of hydrogen-bond acceptors (Lipinski definition) is 3. The Hall–Kier alpha value is -2.82. The van der Waals surface area contributed by atoms with E-state index in [1.165, 1.54) is 4.90 Å². The molecule has 0 unspecified atom stereocenters. The van der Waals surface area contributed by atoms with Gasteiger partial charge in [-0.2, -0.15) is 0 Å². The van der Waals surface area contributed by atoms with Gasteiger partial charge < -0.3 is 10.1 Å². The smallest absolute Gasteiger partial charge is 0.265 e. The summed E-state index contributed by atoms with van der Waals surface area (Å²) in [5.74, 6) is 0.184. The molecule has 0 bridgehead atoms. The predicted octanol–water partition coefficient (Wildman–Crippen LogP) is 2.92. The summed E-state index contributed by atoms with van der Waals surface area (Å²) in [5, 5.41) is 2.85. The van der Waals surface area contributed by atoms with E-state index in [-0.39, 0.29) is 25.0 Å². The topological polar surface area (TPSA) is 58.6 Å². The lowest BCUT2D eigenvalue weighted by molar-refractivity contribution is -0.123. The van der Waals surface area contributed by atoms with Crippen LogP contribution < -0.4 is 15.0 Å². The number of rotatable bonds is 4. The van der Waals surface area contributed by atoms with Gasteiger partial charge in [-0.15, -0.1) is 0 Å². The molecule has 0 spiro atoms. The molecule has 5 heteroatoms. The average Bonchev–Trinajstić information content (AvgIpc) is 2.57. The number of benzene rings is 2. The number of nitrogens with zero attached hydrogens (tertiary/aromatic N) is 1. The minimum absolute atomic E-state index is 0.0331. The standard InChI is InChI=1S/C19H20N2O3/c1-3-14-5-4-6-15(10-14)20-18(22)11-21-16-8-7-13(2)9-17(16)24-12-19(21)23/h4-10H,3,11-12H2,1-2H3,(H,20,22). The molecule has 5 nitrogen and oxygen atoms in total. The van der Waals surface area contributed by atoms with Gasteiger partial charge in [0.1, 0.15) is 12.3 Å². The van der Waals surface area contributed by atoms with E-state index in [0.29, 0.717) is 11.4 Å². The molecule has 1 heterocycles. The second-order valence-corrected chi connectivity index (χ2v) is 5.84. The van der Waals surface area contributed by atoms with Crippen LogP contribution in [0.1, 0.15) is 18.1 Å². The van der Waals surface area contributed by atoms with Crippen molar-refractivity contribution in [1.82, 2.24) is 0 Å². The summed E-state index contributed by atoms with van der Waals surface area (Å²) >= 11 is 0. The molecule has 24 heavy (non-hydrogen) atoms. The Morgan fingerprint density at radius 1 is 1.25 bits per heavy atom. The zero-order valence-electron chi connectivity index (χ0n) is 13.8. The van der Waals surface area contributed by atoms with Gasteiger partial charge in [-0.1, -0.05) is 25.1 Å². The van der Waals surface area contributed by atoms with Crippen LogP contribution in [-0.4, -0.2) is 25.0 Å². The van der Waals surface area contributed by atoms with Crippen LogP contribution >= 0.6 is 0 Å². The maximum absolute atomic E-state index is 12.4. The van der Waals surface area contributed by atoms with E-state index in [4.69, 9.17) is 4.74 Å². The van der Waals surface area contributed by atoms with Crippen molar-refractivity contribution in [1.29, 1.82) is 0 Å². The lowest BCUT2D eigenvalue weighted by Crippen LogP contribution is -2.43. The zero-order valence-corrected chi connectivity index (χ0v) is 13.8. The van der Waals surface area contributed by atoms with E-state index in [1.807, 2.05) is 49.4 Å². The number of carbonyl (C=O) groups is 2. The van der Waals surface area contributed by atoms with Gasteiger partial charge in [0.05, 0.1) is 5.69 Å². The monoisotopic (exact) mass is 324 g/mol. The summed E-state index contributed by atoms with van der Waals surface area (Å²) in [5.41, 5.74) is 3.57. The number of nitrogens with one attached hydrogen (secondary N) is 1. The minimum atomic E-state index is -0.231. The van der Waals surface area contributed by atoms with Crippen molar-refractivity contribution < 1.29 is 14.3 Å². The van der Waals surface area contributed by atoms with Crippen molar-refractivity contribution in [3.63, 3.8) is 0 Å². The Bertz CT molecular complexity index is 786. The molecular weight excluding hydrogens is 304 g/mol. The first-order chi connectivity index (χ1) is 11.6. The molecule has 0 saturated carbocycles. The molecule has 0 fully saturated rings. The Kier molecular flexibility index (Phi) is 4.51. The lowest BCUT2D eigenvalue weighted by Gasteiger charge is -2.29. The van der Waals surface area contributed by atoms with Crippen molar-refractivity contribution in [2.24, 2.45) is 0 Å². The molecule has 0 saturated heterocycles. The molecule has 2 amide bonds. The molecule has 0 atom stereocenters. The second-order valence-electron chi connectivity index (χ2n) is 5.84. The minimum Gasteiger partial charge on any atom is -0.482 e. The maximum Gasteiger partial charge on any atom is 0.265 e. The second kappa shape index (κ2) is 6.74. The molecule has 1 N–H and O–H groups in total. The molecule has 3 rings (SSSR count). The van der Waals surface area contributed by atoms with E-state index < -0.39 is 0 Å².